The molecule has 1 aliphatic heterocycles. The molecule has 2 aliphatic rings. The van der Waals surface area contributed by atoms with Gasteiger partial charge in [-0.2, -0.15) is 0 Å². The molecule has 0 aromatic heterocycles. The summed E-state index contributed by atoms with van der Waals surface area (Å²) in [5.74, 6) is -0.628. The Kier molecular flexibility index (Phi) is 4.87. The van der Waals surface area contributed by atoms with Gasteiger partial charge in [-0.1, -0.05) is 24.3 Å². The first-order valence-electron chi connectivity index (χ1n) is 8.49. The molecular weight excluding hydrogens is 306 g/mol. The summed E-state index contributed by atoms with van der Waals surface area (Å²) in [7, 11) is 1.71. The van der Waals surface area contributed by atoms with Gasteiger partial charge in [-0.05, 0) is 37.1 Å². The lowest BCUT2D eigenvalue weighted by atomic mass is 9.72. The SMILES string of the molecule is CO[C@H]1[C@H](NC(=O)CCC(N)=O)c2ccccc2C12CCNCC2. The van der Waals surface area contributed by atoms with Crippen LogP contribution in [0.3, 0.4) is 0 Å². The average Bonchev–Trinajstić information content (AvgIpc) is 2.83. The van der Waals surface area contributed by atoms with Crippen molar-refractivity contribution in [2.75, 3.05) is 20.2 Å². The molecule has 2 atom stereocenters. The smallest absolute Gasteiger partial charge is 0.221 e. The standard InChI is InChI=1S/C18H25N3O3/c1-24-17-16(21-15(23)7-6-14(19)22)12-4-2-3-5-13(12)18(17)8-10-20-11-9-18/h2-5,16-17,20H,6-11H2,1H3,(H2,19,22)(H,21,23)/t16-,17+/m1/s1. The van der Waals surface area contributed by atoms with Crippen molar-refractivity contribution in [1.29, 1.82) is 0 Å². The summed E-state index contributed by atoms with van der Waals surface area (Å²) in [6.07, 6.45) is 2.03. The van der Waals surface area contributed by atoms with Gasteiger partial charge in [-0.3, -0.25) is 9.59 Å². The van der Waals surface area contributed by atoms with Gasteiger partial charge < -0.3 is 21.1 Å². The number of carbonyl (C=O) groups excluding carboxylic acids is 2. The second kappa shape index (κ2) is 6.91. The third kappa shape index (κ3) is 2.91. The lowest BCUT2D eigenvalue weighted by molar-refractivity contribution is -0.126. The van der Waals surface area contributed by atoms with Crippen molar-refractivity contribution in [3.05, 3.63) is 35.4 Å². The van der Waals surface area contributed by atoms with Crippen LogP contribution in [0.4, 0.5) is 0 Å². The van der Waals surface area contributed by atoms with E-state index in [1.54, 1.807) is 7.11 Å². The third-order valence-corrected chi connectivity index (χ3v) is 5.34. The minimum atomic E-state index is -0.463. The van der Waals surface area contributed by atoms with Gasteiger partial charge in [-0.15, -0.1) is 0 Å². The van der Waals surface area contributed by atoms with Crippen molar-refractivity contribution in [3.63, 3.8) is 0 Å². The molecule has 0 radical (unpaired) electrons. The van der Waals surface area contributed by atoms with Gasteiger partial charge in [0.15, 0.2) is 0 Å². The monoisotopic (exact) mass is 331 g/mol. The Morgan fingerprint density at radius 3 is 2.67 bits per heavy atom. The molecule has 2 amide bonds. The Balaban J connectivity index is 1.88. The van der Waals surface area contributed by atoms with E-state index in [0.29, 0.717) is 0 Å². The molecule has 0 unspecified atom stereocenters. The van der Waals surface area contributed by atoms with Crippen LogP contribution in [0.2, 0.25) is 0 Å². The van der Waals surface area contributed by atoms with Crippen molar-refractivity contribution in [1.82, 2.24) is 10.6 Å². The Morgan fingerprint density at radius 2 is 2.00 bits per heavy atom. The molecule has 1 spiro atoms. The van der Waals surface area contributed by atoms with E-state index >= 15 is 0 Å². The molecule has 3 rings (SSSR count). The number of hydrogen-bond donors (Lipinski definition) is 3. The molecule has 0 saturated carbocycles. The number of rotatable bonds is 5. The fourth-order valence-electron chi connectivity index (χ4n) is 4.28. The predicted octanol–water partition coefficient (Wildman–Crippen LogP) is 0.759. The largest absolute Gasteiger partial charge is 0.378 e. The summed E-state index contributed by atoms with van der Waals surface area (Å²) in [6, 6.07) is 8.07. The highest BCUT2D eigenvalue weighted by Crippen LogP contribution is 2.51. The van der Waals surface area contributed by atoms with Crippen LogP contribution >= 0.6 is 0 Å². The summed E-state index contributed by atoms with van der Waals surface area (Å²) in [6.45, 7) is 1.88. The van der Waals surface area contributed by atoms with Crippen molar-refractivity contribution in [3.8, 4) is 0 Å². The van der Waals surface area contributed by atoms with Crippen LogP contribution < -0.4 is 16.4 Å². The van der Waals surface area contributed by atoms with Crippen LogP contribution in [0.1, 0.15) is 42.9 Å². The number of fused-ring (bicyclic) bond motifs is 2. The zero-order chi connectivity index (χ0) is 17.2. The van der Waals surface area contributed by atoms with Crippen LogP contribution in [-0.2, 0) is 19.7 Å². The molecule has 1 saturated heterocycles. The van der Waals surface area contributed by atoms with Crippen LogP contribution in [0.5, 0.6) is 0 Å². The van der Waals surface area contributed by atoms with E-state index in [4.69, 9.17) is 10.5 Å². The second-order valence-electron chi connectivity index (χ2n) is 6.66. The number of piperidine rings is 1. The first-order chi connectivity index (χ1) is 11.6. The molecule has 0 bridgehead atoms. The van der Waals surface area contributed by atoms with Gasteiger partial charge in [0.25, 0.3) is 0 Å². The maximum atomic E-state index is 12.3. The Bertz CT molecular complexity index is 626. The number of amides is 2. The first kappa shape index (κ1) is 16.9. The number of primary amides is 1. The van der Waals surface area contributed by atoms with E-state index in [9.17, 15) is 9.59 Å². The van der Waals surface area contributed by atoms with E-state index < -0.39 is 5.91 Å². The van der Waals surface area contributed by atoms with Gasteiger partial charge >= 0.3 is 0 Å². The Labute approximate surface area is 142 Å². The third-order valence-electron chi connectivity index (χ3n) is 5.34. The van der Waals surface area contributed by atoms with Crippen LogP contribution in [0, 0.1) is 0 Å². The topological polar surface area (TPSA) is 93.4 Å². The number of nitrogens with one attached hydrogen (secondary N) is 2. The molecule has 6 nitrogen and oxygen atoms in total. The van der Waals surface area contributed by atoms with Gasteiger partial charge in [0.05, 0.1) is 12.1 Å². The molecule has 1 fully saturated rings. The highest BCUT2D eigenvalue weighted by Gasteiger charge is 2.53. The van der Waals surface area contributed by atoms with Crippen LogP contribution in [-0.4, -0.2) is 38.1 Å². The highest BCUT2D eigenvalue weighted by atomic mass is 16.5. The number of benzene rings is 1. The van der Waals surface area contributed by atoms with Crippen LogP contribution in [0.15, 0.2) is 24.3 Å². The van der Waals surface area contributed by atoms with E-state index in [0.717, 1.165) is 31.5 Å². The van der Waals surface area contributed by atoms with Gasteiger partial charge in [-0.25, -0.2) is 0 Å². The summed E-state index contributed by atoms with van der Waals surface area (Å²) in [4.78, 5) is 23.2. The van der Waals surface area contributed by atoms with Crippen molar-refractivity contribution >= 4 is 11.8 Å². The number of carbonyl (C=O) groups is 2. The minimum Gasteiger partial charge on any atom is -0.378 e. The van der Waals surface area contributed by atoms with E-state index in [1.165, 1.54) is 5.56 Å². The summed E-state index contributed by atoms with van der Waals surface area (Å²) < 4.78 is 5.89. The second-order valence-corrected chi connectivity index (χ2v) is 6.66. The van der Waals surface area contributed by atoms with E-state index in [-0.39, 0.29) is 36.3 Å². The number of ether oxygens (including phenoxy) is 1. The average molecular weight is 331 g/mol. The fourth-order valence-corrected chi connectivity index (χ4v) is 4.28. The highest BCUT2D eigenvalue weighted by molar-refractivity contribution is 5.83. The van der Waals surface area contributed by atoms with E-state index in [2.05, 4.69) is 22.8 Å². The fraction of sp³-hybridized carbons (Fsp3) is 0.556. The normalized spacial score (nSPS) is 24.5. The lowest BCUT2D eigenvalue weighted by Gasteiger charge is -2.40. The molecule has 24 heavy (non-hydrogen) atoms. The first-order valence-corrected chi connectivity index (χ1v) is 8.49. The van der Waals surface area contributed by atoms with Crippen molar-refractivity contribution < 1.29 is 14.3 Å². The van der Waals surface area contributed by atoms with Crippen molar-refractivity contribution in [2.45, 2.75) is 43.2 Å². The van der Waals surface area contributed by atoms with Gasteiger partial charge in [0, 0.05) is 25.4 Å². The molecule has 6 heteroatoms. The maximum Gasteiger partial charge on any atom is 0.221 e. The molecule has 1 aromatic carbocycles. The molecular formula is C18H25N3O3. The zero-order valence-corrected chi connectivity index (χ0v) is 14.0. The maximum absolute atomic E-state index is 12.3. The molecule has 1 aromatic rings. The summed E-state index contributed by atoms with van der Waals surface area (Å²) in [5.41, 5.74) is 7.47. The van der Waals surface area contributed by atoms with Crippen LogP contribution in [0.25, 0.3) is 0 Å². The van der Waals surface area contributed by atoms with Gasteiger partial charge in [0.1, 0.15) is 0 Å². The summed E-state index contributed by atoms with van der Waals surface area (Å²) >= 11 is 0. The Morgan fingerprint density at radius 1 is 1.29 bits per heavy atom. The van der Waals surface area contributed by atoms with E-state index in [1.807, 2.05) is 12.1 Å². The molecule has 1 aliphatic carbocycles. The minimum absolute atomic E-state index is 0.0624. The Hall–Kier alpha value is -1.92. The lowest BCUT2D eigenvalue weighted by Crippen LogP contribution is -2.49. The number of hydrogen-bond acceptors (Lipinski definition) is 4. The van der Waals surface area contributed by atoms with Gasteiger partial charge in [0.2, 0.25) is 11.8 Å². The summed E-state index contributed by atoms with van der Waals surface area (Å²) in [5, 5.41) is 6.48. The zero-order valence-electron chi connectivity index (χ0n) is 14.0. The molecule has 4 N–H and O–H groups in total. The van der Waals surface area contributed by atoms with Crippen molar-refractivity contribution in [2.24, 2.45) is 5.73 Å². The number of methoxy groups -OCH3 is 1. The number of nitrogens with two attached hydrogens (primary N) is 1. The molecule has 130 valence electrons. The molecule has 1 heterocycles. The quantitative estimate of drug-likeness (QED) is 0.742. The predicted molar refractivity (Wildman–Crippen MR) is 90.3 cm³/mol.